The van der Waals surface area contributed by atoms with Crippen LogP contribution in [-0.4, -0.2) is 94.9 Å². The number of nitrogens with zero attached hydrogens (tertiary/aromatic N) is 5. The monoisotopic (exact) mass is 666 g/mol. The van der Waals surface area contributed by atoms with E-state index in [0.29, 0.717) is 31.9 Å². The van der Waals surface area contributed by atoms with Gasteiger partial charge in [0.25, 0.3) is 11.8 Å². The van der Waals surface area contributed by atoms with Crippen molar-refractivity contribution in [2.75, 3.05) is 51.6 Å². The summed E-state index contributed by atoms with van der Waals surface area (Å²) < 4.78 is 45.1. The molecule has 0 spiro atoms. The molecular formula is C30H31Cl2F3N6O4. The Bertz CT molecular complexity index is 1600. The maximum Gasteiger partial charge on any atom is 0.387 e. The van der Waals surface area contributed by atoms with Gasteiger partial charge in [-0.15, -0.1) is 0 Å². The van der Waals surface area contributed by atoms with Gasteiger partial charge in [-0.3, -0.25) is 14.4 Å². The third kappa shape index (κ3) is 7.05. The molecule has 3 heterocycles. The van der Waals surface area contributed by atoms with Gasteiger partial charge in [0.1, 0.15) is 0 Å². The summed E-state index contributed by atoms with van der Waals surface area (Å²) in [6.45, 7) is 0.281. The van der Waals surface area contributed by atoms with E-state index >= 15 is 0 Å². The minimum atomic E-state index is -3.23. The summed E-state index contributed by atoms with van der Waals surface area (Å²) in [5, 5.41) is 2.33. The Hall–Kier alpha value is -3.81. The fourth-order valence-electron chi connectivity index (χ4n) is 5.55. The van der Waals surface area contributed by atoms with Crippen LogP contribution in [-0.2, 0) is 11.8 Å². The number of benzene rings is 2. The molecule has 2 aromatic carbocycles. The van der Waals surface area contributed by atoms with E-state index in [1.807, 2.05) is 4.90 Å². The number of hydrogen-bond acceptors (Lipinski definition) is 6. The van der Waals surface area contributed by atoms with E-state index in [1.54, 1.807) is 4.90 Å². The molecule has 240 valence electrons. The number of piperidine rings is 1. The predicted octanol–water partition coefficient (Wildman–Crippen LogP) is 5.01. The van der Waals surface area contributed by atoms with Crippen LogP contribution >= 0.6 is 23.2 Å². The van der Waals surface area contributed by atoms with Crippen molar-refractivity contribution < 1.29 is 32.3 Å². The van der Waals surface area contributed by atoms with E-state index in [1.165, 1.54) is 42.1 Å². The number of amides is 3. The number of hydrogen-bond donors (Lipinski definition) is 1. The van der Waals surface area contributed by atoms with Crippen LogP contribution in [0.15, 0.2) is 36.5 Å². The summed E-state index contributed by atoms with van der Waals surface area (Å²) in [7, 11) is 3.56. The van der Waals surface area contributed by atoms with Crippen molar-refractivity contribution in [1.29, 1.82) is 0 Å². The van der Waals surface area contributed by atoms with Gasteiger partial charge in [-0.2, -0.15) is 8.78 Å². The van der Waals surface area contributed by atoms with E-state index in [9.17, 15) is 27.6 Å². The second-order valence-electron chi connectivity index (χ2n) is 11.0. The lowest BCUT2D eigenvalue weighted by atomic mass is 9.95. The van der Waals surface area contributed by atoms with Crippen LogP contribution in [0.4, 0.5) is 18.9 Å². The van der Waals surface area contributed by atoms with Crippen LogP contribution in [0.25, 0.3) is 11.3 Å². The number of aromatic nitrogens is 2. The van der Waals surface area contributed by atoms with Gasteiger partial charge < -0.3 is 29.3 Å². The SMILES string of the molecule is CN1CCC(C(=O)N2CCN(C(=O)c3ccc(NC(=O)c4ncc(-c5ccc(OC(F)F)c(F)c5Cl)n4C)cc3Cl)CC2)CC1. The summed E-state index contributed by atoms with van der Waals surface area (Å²) in [5.74, 6) is -2.66. The van der Waals surface area contributed by atoms with Gasteiger partial charge in [0.15, 0.2) is 17.4 Å². The number of halogens is 5. The van der Waals surface area contributed by atoms with Crippen molar-refractivity contribution in [2.24, 2.45) is 13.0 Å². The molecule has 0 aliphatic carbocycles. The van der Waals surface area contributed by atoms with Gasteiger partial charge in [0, 0.05) is 50.4 Å². The topological polar surface area (TPSA) is 100 Å². The number of nitrogens with one attached hydrogen (secondary N) is 1. The smallest absolute Gasteiger partial charge is 0.387 e. The molecule has 3 aromatic rings. The zero-order chi connectivity index (χ0) is 32.4. The van der Waals surface area contributed by atoms with Gasteiger partial charge in [-0.1, -0.05) is 23.2 Å². The Labute approximate surface area is 267 Å². The zero-order valence-corrected chi connectivity index (χ0v) is 26.0. The third-order valence-electron chi connectivity index (χ3n) is 8.13. The quantitative estimate of drug-likeness (QED) is 0.381. The summed E-state index contributed by atoms with van der Waals surface area (Å²) in [6.07, 6.45) is 2.98. The Morgan fingerprint density at radius 3 is 2.29 bits per heavy atom. The van der Waals surface area contributed by atoms with E-state index in [2.05, 4.69) is 27.0 Å². The van der Waals surface area contributed by atoms with E-state index in [4.69, 9.17) is 23.2 Å². The molecule has 45 heavy (non-hydrogen) atoms. The molecule has 10 nitrogen and oxygen atoms in total. The number of likely N-dealkylation sites (tertiary alicyclic amines) is 1. The second kappa shape index (κ2) is 13.7. The first kappa shape index (κ1) is 32.6. The highest BCUT2D eigenvalue weighted by atomic mass is 35.5. The number of rotatable bonds is 7. The minimum Gasteiger partial charge on any atom is -0.432 e. The van der Waals surface area contributed by atoms with Crippen molar-refractivity contribution in [3.05, 3.63) is 63.8 Å². The first-order valence-electron chi connectivity index (χ1n) is 14.3. The summed E-state index contributed by atoms with van der Waals surface area (Å²) >= 11 is 12.5. The van der Waals surface area contributed by atoms with Crippen LogP contribution in [0, 0.1) is 11.7 Å². The Morgan fingerprint density at radius 1 is 0.978 bits per heavy atom. The average Bonchev–Trinajstić information content (AvgIpc) is 3.40. The Kier molecular flexibility index (Phi) is 9.90. The highest BCUT2D eigenvalue weighted by Crippen LogP contribution is 2.35. The fourth-order valence-corrected chi connectivity index (χ4v) is 6.07. The van der Waals surface area contributed by atoms with Crippen molar-refractivity contribution in [1.82, 2.24) is 24.3 Å². The molecule has 1 N–H and O–H groups in total. The summed E-state index contributed by atoms with van der Waals surface area (Å²) in [5.41, 5.74) is 0.930. The molecule has 2 saturated heterocycles. The van der Waals surface area contributed by atoms with Gasteiger partial charge >= 0.3 is 6.61 Å². The molecule has 0 unspecified atom stereocenters. The predicted molar refractivity (Wildman–Crippen MR) is 162 cm³/mol. The molecule has 0 saturated carbocycles. The van der Waals surface area contributed by atoms with Gasteiger partial charge in [-0.05, 0) is 63.3 Å². The Balaban J connectivity index is 1.21. The minimum absolute atomic E-state index is 0.0283. The number of anilines is 1. The Morgan fingerprint density at radius 2 is 1.64 bits per heavy atom. The molecule has 15 heteroatoms. The first-order chi connectivity index (χ1) is 21.4. The van der Waals surface area contributed by atoms with Crippen molar-refractivity contribution in [3.8, 4) is 17.0 Å². The number of carbonyl (C=O) groups excluding carboxylic acids is 3. The highest BCUT2D eigenvalue weighted by molar-refractivity contribution is 6.34. The third-order valence-corrected chi connectivity index (χ3v) is 8.82. The molecule has 3 amide bonds. The van der Waals surface area contributed by atoms with Crippen LogP contribution in [0.2, 0.25) is 10.0 Å². The molecule has 0 atom stereocenters. The maximum absolute atomic E-state index is 14.5. The zero-order valence-electron chi connectivity index (χ0n) is 24.5. The van der Waals surface area contributed by atoms with Crippen LogP contribution in [0.1, 0.15) is 33.8 Å². The van der Waals surface area contributed by atoms with Crippen LogP contribution in [0.5, 0.6) is 5.75 Å². The van der Waals surface area contributed by atoms with Crippen LogP contribution < -0.4 is 10.1 Å². The molecule has 0 bridgehead atoms. The lowest BCUT2D eigenvalue weighted by Gasteiger charge is -2.38. The van der Waals surface area contributed by atoms with Crippen LogP contribution in [0.3, 0.4) is 0 Å². The number of piperazine rings is 1. The standard InChI is InChI=1S/C30H31Cl2F3N6O4/c1-38-9-7-17(8-10-38)28(43)40-11-13-41(14-12-40)29(44)19-4-3-18(15-21(19)31)37-27(42)26-36-16-22(39(26)2)20-5-6-23(45-30(34)35)25(33)24(20)32/h3-6,15-17,30H,7-14H2,1-2H3,(H,37,42). The number of alkyl halides is 2. The number of imidazole rings is 1. The van der Waals surface area contributed by atoms with Crippen molar-refractivity contribution in [3.63, 3.8) is 0 Å². The lowest BCUT2D eigenvalue weighted by Crippen LogP contribution is -2.52. The largest absolute Gasteiger partial charge is 0.432 e. The van der Waals surface area contributed by atoms with Gasteiger partial charge in [0.05, 0.1) is 27.5 Å². The molecule has 0 radical (unpaired) electrons. The second-order valence-corrected chi connectivity index (χ2v) is 11.8. The molecule has 1 aromatic heterocycles. The lowest BCUT2D eigenvalue weighted by molar-refractivity contribution is -0.138. The molecule has 2 aliphatic heterocycles. The van der Waals surface area contributed by atoms with E-state index in [0.717, 1.165) is 32.0 Å². The molecule has 2 fully saturated rings. The summed E-state index contributed by atoms with van der Waals surface area (Å²) in [4.78, 5) is 49.1. The average molecular weight is 668 g/mol. The molecule has 5 rings (SSSR count). The fraction of sp³-hybridized carbons (Fsp3) is 0.400. The van der Waals surface area contributed by atoms with E-state index in [-0.39, 0.29) is 45.4 Å². The maximum atomic E-state index is 14.5. The molecular weight excluding hydrogens is 636 g/mol. The number of carbonyl (C=O) groups is 3. The van der Waals surface area contributed by atoms with E-state index < -0.39 is 29.1 Å². The van der Waals surface area contributed by atoms with Crippen molar-refractivity contribution >= 4 is 46.6 Å². The van der Waals surface area contributed by atoms with Crippen molar-refractivity contribution in [2.45, 2.75) is 19.5 Å². The highest BCUT2D eigenvalue weighted by Gasteiger charge is 2.31. The first-order valence-corrected chi connectivity index (χ1v) is 15.0. The van der Waals surface area contributed by atoms with Gasteiger partial charge in [-0.25, -0.2) is 9.37 Å². The van der Waals surface area contributed by atoms with Gasteiger partial charge in [0.2, 0.25) is 5.91 Å². The summed E-state index contributed by atoms with van der Waals surface area (Å²) in [6, 6.07) is 6.80. The number of ether oxygens (including phenoxy) is 1. The molecule has 2 aliphatic rings. The normalized spacial score (nSPS) is 16.3.